The van der Waals surface area contributed by atoms with Crippen molar-refractivity contribution in [1.29, 1.82) is 0 Å². The average Bonchev–Trinajstić information content (AvgIpc) is 3.34. The van der Waals surface area contributed by atoms with E-state index >= 15 is 0 Å². The van der Waals surface area contributed by atoms with E-state index in [9.17, 15) is 14.7 Å². The molecule has 0 aliphatic carbocycles. The van der Waals surface area contributed by atoms with E-state index in [1.54, 1.807) is 0 Å². The smallest absolute Gasteiger partial charge is 0.306 e. The molecule has 0 aliphatic heterocycles. The van der Waals surface area contributed by atoms with Crippen LogP contribution in [0, 0.1) is 0 Å². The highest BCUT2D eigenvalue weighted by molar-refractivity contribution is 5.70. The van der Waals surface area contributed by atoms with Crippen molar-refractivity contribution in [3.8, 4) is 0 Å². The first-order chi connectivity index (χ1) is 33.6. The molecule has 0 aliphatic rings. The molecule has 1 unspecified atom stereocenters. The van der Waals surface area contributed by atoms with Gasteiger partial charge in [0, 0.05) is 12.8 Å². The fraction of sp³-hybridized carbons (Fsp3) is 0.968. The number of esters is 2. The van der Waals surface area contributed by atoms with Crippen LogP contribution in [-0.2, 0) is 19.1 Å². The van der Waals surface area contributed by atoms with Gasteiger partial charge in [0.2, 0.25) is 0 Å². The highest BCUT2D eigenvalue weighted by atomic mass is 16.6. The van der Waals surface area contributed by atoms with E-state index in [0.29, 0.717) is 12.8 Å². The van der Waals surface area contributed by atoms with Crippen molar-refractivity contribution in [2.75, 3.05) is 13.2 Å². The van der Waals surface area contributed by atoms with Gasteiger partial charge in [-0.3, -0.25) is 9.59 Å². The molecule has 5 nitrogen and oxygen atoms in total. The second-order valence-corrected chi connectivity index (χ2v) is 21.9. The molecular weight excluding hydrogens is 837 g/mol. The molecule has 0 fully saturated rings. The van der Waals surface area contributed by atoms with Crippen LogP contribution in [0.5, 0.6) is 0 Å². The van der Waals surface area contributed by atoms with Gasteiger partial charge in [-0.25, -0.2) is 0 Å². The van der Waals surface area contributed by atoms with E-state index in [1.807, 2.05) is 0 Å². The van der Waals surface area contributed by atoms with Crippen molar-refractivity contribution in [3.63, 3.8) is 0 Å². The van der Waals surface area contributed by atoms with Gasteiger partial charge in [0.15, 0.2) is 6.10 Å². The van der Waals surface area contributed by atoms with Gasteiger partial charge in [-0.2, -0.15) is 0 Å². The molecule has 0 aromatic carbocycles. The zero-order valence-electron chi connectivity index (χ0n) is 46.7. The van der Waals surface area contributed by atoms with Gasteiger partial charge in [0.05, 0.1) is 6.61 Å². The number of carbonyl (C=O) groups is 2. The summed E-state index contributed by atoms with van der Waals surface area (Å²) in [5, 5.41) is 9.65. The maximum absolute atomic E-state index is 12.3. The number of aliphatic hydroxyl groups is 1. The molecule has 0 radical (unpaired) electrons. The second-order valence-electron chi connectivity index (χ2n) is 21.9. The molecule has 0 saturated heterocycles. The van der Waals surface area contributed by atoms with Gasteiger partial charge in [0.1, 0.15) is 6.61 Å². The van der Waals surface area contributed by atoms with E-state index in [2.05, 4.69) is 13.8 Å². The predicted molar refractivity (Wildman–Crippen MR) is 298 cm³/mol. The van der Waals surface area contributed by atoms with E-state index in [4.69, 9.17) is 9.47 Å². The Labute approximate surface area is 427 Å². The number of hydrogen-bond donors (Lipinski definition) is 1. The minimum Gasteiger partial charge on any atom is -0.462 e. The van der Waals surface area contributed by atoms with Crippen LogP contribution in [0.4, 0.5) is 0 Å². The Morgan fingerprint density at radius 2 is 0.456 bits per heavy atom. The van der Waals surface area contributed by atoms with Crippen molar-refractivity contribution < 1.29 is 24.2 Å². The maximum Gasteiger partial charge on any atom is 0.306 e. The summed E-state index contributed by atoms with van der Waals surface area (Å²) in [5.74, 6) is -0.564. The van der Waals surface area contributed by atoms with Gasteiger partial charge in [-0.05, 0) is 12.8 Å². The summed E-state index contributed by atoms with van der Waals surface area (Å²) in [6.07, 6.45) is 74.2. The van der Waals surface area contributed by atoms with Crippen LogP contribution in [0.15, 0.2) is 0 Å². The lowest BCUT2D eigenvalue weighted by atomic mass is 10.0. The van der Waals surface area contributed by atoms with E-state index < -0.39 is 6.10 Å². The standard InChI is InChI=1S/C63H124O5/c1-3-5-7-9-11-13-15-17-19-21-22-23-24-25-26-27-28-29-30-31-32-33-34-35-36-37-38-39-40-41-42-44-46-48-50-52-54-56-58-63(66)68-61(59-64)60-67-62(65)57-55-53-51-49-47-45-43-20-18-16-14-12-10-8-6-4-2/h61,64H,3-60H2,1-2H3. The molecule has 5 heteroatoms. The first-order valence-corrected chi connectivity index (χ1v) is 31.6. The van der Waals surface area contributed by atoms with Crippen molar-refractivity contribution >= 4 is 11.9 Å². The van der Waals surface area contributed by atoms with Crippen LogP contribution < -0.4 is 0 Å². The minimum atomic E-state index is -0.764. The topological polar surface area (TPSA) is 72.8 Å². The summed E-state index contributed by atoms with van der Waals surface area (Å²) in [4.78, 5) is 24.5. The Morgan fingerprint density at radius 3 is 0.647 bits per heavy atom. The van der Waals surface area contributed by atoms with Gasteiger partial charge in [-0.15, -0.1) is 0 Å². The summed E-state index contributed by atoms with van der Waals surface area (Å²) in [6, 6.07) is 0. The molecule has 0 rings (SSSR count). The van der Waals surface area contributed by atoms with E-state index in [1.165, 1.54) is 315 Å². The summed E-state index contributed by atoms with van der Waals surface area (Å²) >= 11 is 0. The molecule has 0 bridgehead atoms. The number of unbranched alkanes of at least 4 members (excludes halogenated alkanes) is 52. The molecule has 0 heterocycles. The first-order valence-electron chi connectivity index (χ1n) is 31.6. The second kappa shape index (κ2) is 60.2. The summed E-state index contributed by atoms with van der Waals surface area (Å²) in [7, 11) is 0. The molecule has 0 amide bonds. The molecule has 0 aromatic rings. The number of hydrogen-bond acceptors (Lipinski definition) is 5. The summed E-state index contributed by atoms with van der Waals surface area (Å²) in [5.41, 5.74) is 0. The van der Waals surface area contributed by atoms with Crippen LogP contribution in [-0.4, -0.2) is 36.4 Å². The van der Waals surface area contributed by atoms with Crippen LogP contribution in [0.25, 0.3) is 0 Å². The van der Waals surface area contributed by atoms with Crippen LogP contribution >= 0.6 is 0 Å². The zero-order chi connectivity index (χ0) is 49.2. The predicted octanol–water partition coefficient (Wildman–Crippen LogP) is 21.3. The lowest BCUT2D eigenvalue weighted by Crippen LogP contribution is -2.28. The SMILES string of the molecule is CCCCCCCCCCCCCCCCCCCCCCCCCCCCCCCCCCCCCCCCC(=O)OC(CO)COC(=O)CCCCCCCCCCCCCCCCCC. The Hall–Kier alpha value is -1.10. The summed E-state index contributed by atoms with van der Waals surface area (Å²) < 4.78 is 10.7. The van der Waals surface area contributed by atoms with Crippen molar-refractivity contribution in [1.82, 2.24) is 0 Å². The number of rotatable bonds is 60. The zero-order valence-corrected chi connectivity index (χ0v) is 46.7. The molecule has 0 saturated carbocycles. The highest BCUT2D eigenvalue weighted by Crippen LogP contribution is 2.19. The quantitative estimate of drug-likeness (QED) is 0.0486. The highest BCUT2D eigenvalue weighted by Gasteiger charge is 2.16. The lowest BCUT2D eigenvalue weighted by molar-refractivity contribution is -0.161. The normalized spacial score (nSPS) is 12.0. The fourth-order valence-electron chi connectivity index (χ4n) is 10.2. The average molecular weight is 962 g/mol. The molecular formula is C63H124O5. The summed E-state index contributed by atoms with van der Waals surface area (Å²) in [6.45, 7) is 4.21. The largest absolute Gasteiger partial charge is 0.462 e. The van der Waals surface area contributed by atoms with Gasteiger partial charge < -0.3 is 14.6 Å². The molecule has 68 heavy (non-hydrogen) atoms. The molecule has 1 atom stereocenters. The Morgan fingerprint density at radius 1 is 0.279 bits per heavy atom. The first kappa shape index (κ1) is 66.9. The molecule has 406 valence electrons. The Kier molecular flexibility index (Phi) is 59.2. The number of carbonyl (C=O) groups excluding carboxylic acids is 2. The van der Waals surface area contributed by atoms with Gasteiger partial charge in [0.25, 0.3) is 0 Å². The minimum absolute atomic E-state index is 0.0559. The third-order valence-corrected chi connectivity index (χ3v) is 14.9. The molecule has 1 N–H and O–H groups in total. The van der Waals surface area contributed by atoms with E-state index in [0.717, 1.165) is 32.1 Å². The van der Waals surface area contributed by atoms with Crippen LogP contribution in [0.1, 0.15) is 373 Å². The monoisotopic (exact) mass is 961 g/mol. The van der Waals surface area contributed by atoms with Gasteiger partial charge >= 0.3 is 11.9 Å². The Balaban J connectivity index is 3.32. The van der Waals surface area contributed by atoms with Crippen LogP contribution in [0.2, 0.25) is 0 Å². The number of aliphatic hydroxyl groups excluding tert-OH is 1. The van der Waals surface area contributed by atoms with Gasteiger partial charge in [-0.1, -0.05) is 348 Å². The molecule has 0 aromatic heterocycles. The third kappa shape index (κ3) is 57.5. The number of ether oxygens (including phenoxy) is 2. The van der Waals surface area contributed by atoms with Crippen molar-refractivity contribution in [2.45, 2.75) is 380 Å². The third-order valence-electron chi connectivity index (χ3n) is 14.9. The van der Waals surface area contributed by atoms with E-state index in [-0.39, 0.29) is 25.2 Å². The fourth-order valence-corrected chi connectivity index (χ4v) is 10.2. The Bertz CT molecular complexity index is 952. The lowest BCUT2D eigenvalue weighted by Gasteiger charge is -2.15. The van der Waals surface area contributed by atoms with Crippen molar-refractivity contribution in [3.05, 3.63) is 0 Å². The molecule has 0 spiro atoms. The maximum atomic E-state index is 12.3. The van der Waals surface area contributed by atoms with Crippen LogP contribution in [0.3, 0.4) is 0 Å². The van der Waals surface area contributed by atoms with Crippen molar-refractivity contribution in [2.24, 2.45) is 0 Å².